The van der Waals surface area contributed by atoms with Crippen molar-refractivity contribution in [1.29, 1.82) is 0 Å². The van der Waals surface area contributed by atoms with Crippen molar-refractivity contribution in [2.45, 2.75) is 54.6 Å². The first-order valence-corrected chi connectivity index (χ1v) is 17.7. The third kappa shape index (κ3) is 6.38. The first-order chi connectivity index (χ1) is 10.8. The van der Waals surface area contributed by atoms with Gasteiger partial charge in [0.05, 0.1) is 8.07 Å². The molecule has 2 aliphatic carbocycles. The third-order valence-electron chi connectivity index (χ3n) is 4.68. The predicted molar refractivity (Wildman–Crippen MR) is 107 cm³/mol. The monoisotopic (exact) mass is 458 g/mol. The molecule has 2 aliphatic rings. The zero-order valence-electron chi connectivity index (χ0n) is 16.2. The van der Waals surface area contributed by atoms with Crippen LogP contribution in [0.3, 0.4) is 0 Å². The van der Waals surface area contributed by atoms with Crippen molar-refractivity contribution in [3.8, 4) is 0 Å². The standard InChI is InChI=1S/C20H30Si.2ClH.Zr/c1-19(2,3)15-9-11-17(13-15)21(7,8)18-12-10-16(14-18)20(4,5)6;;;/h9-14H,1-8H3;2*1H;/q;;;+4/p-2. The van der Waals surface area contributed by atoms with Crippen LogP contribution in [0.4, 0.5) is 0 Å². The quantitative estimate of drug-likeness (QED) is 0.398. The van der Waals surface area contributed by atoms with Gasteiger partial charge in [-0.2, -0.15) is 0 Å². The predicted octanol–water partition coefficient (Wildman–Crippen LogP) is 6.79. The molecular formula is C20H30Cl2SiZr+2. The summed E-state index contributed by atoms with van der Waals surface area (Å²) in [6.07, 6.45) is 14.2. The Bertz CT molecular complexity index is 350. The third-order valence-corrected chi connectivity index (χ3v) is 8.19. The van der Waals surface area contributed by atoms with E-state index in [9.17, 15) is 0 Å². The summed E-state index contributed by atoms with van der Waals surface area (Å²) in [7, 11) is 8.30. The molecule has 130 valence electrons. The van der Waals surface area contributed by atoms with Gasteiger partial charge in [-0.25, -0.2) is 0 Å². The Hall–Kier alpha value is 1.68. The van der Waals surface area contributed by atoms with Crippen LogP contribution >= 0.6 is 17.0 Å². The van der Waals surface area contributed by atoms with Crippen molar-refractivity contribution in [2.24, 2.45) is 10.8 Å². The van der Waals surface area contributed by atoms with Crippen LogP contribution in [0, 0.1) is 72.3 Å². The van der Waals surface area contributed by atoms with Gasteiger partial charge in [0.2, 0.25) is 0 Å². The minimum absolute atomic E-state index is 0.241. The number of hydrogen-bond acceptors (Lipinski definition) is 0. The molecule has 0 bridgehead atoms. The van der Waals surface area contributed by atoms with Crippen LogP contribution in [0.15, 0.2) is 0 Å². The van der Waals surface area contributed by atoms with E-state index in [0.29, 0.717) is 0 Å². The van der Waals surface area contributed by atoms with Crippen LogP contribution in [-0.2, 0) is 20.8 Å². The van der Waals surface area contributed by atoms with Crippen LogP contribution in [0.25, 0.3) is 0 Å². The molecule has 2 rings (SSSR count). The van der Waals surface area contributed by atoms with Gasteiger partial charge in [-0.1, -0.05) is 54.6 Å². The summed E-state index contributed by atoms with van der Waals surface area (Å²) >= 11 is -0.826. The van der Waals surface area contributed by atoms with Crippen molar-refractivity contribution in [3.05, 3.63) is 61.4 Å². The molecule has 0 aromatic carbocycles. The SMILES string of the molecule is CC(C)(C)[C]1[CH][CH][C]([Si](C)(C)[C]2[CH][CH][C](C(C)(C)C)[CH]2)[CH]1.[Cl][Zr+2][Cl]. The van der Waals surface area contributed by atoms with E-state index in [0.717, 1.165) is 0 Å². The molecule has 0 aromatic rings. The molecule has 0 nitrogen and oxygen atoms in total. The van der Waals surface area contributed by atoms with E-state index in [4.69, 9.17) is 17.0 Å². The average molecular weight is 461 g/mol. The summed E-state index contributed by atoms with van der Waals surface area (Å²) in [5.74, 6) is 2.92. The van der Waals surface area contributed by atoms with Gasteiger partial charge in [0.25, 0.3) is 0 Å². The zero-order valence-corrected chi connectivity index (χ0v) is 21.2. The fourth-order valence-corrected chi connectivity index (χ4v) is 5.13. The molecule has 24 heavy (non-hydrogen) atoms. The summed E-state index contributed by atoms with van der Waals surface area (Å²) in [4.78, 5) is 0. The topological polar surface area (TPSA) is 0 Å². The summed E-state index contributed by atoms with van der Waals surface area (Å²) in [6, 6.07) is 0. The number of halogens is 2. The van der Waals surface area contributed by atoms with Crippen LogP contribution in [0.5, 0.6) is 0 Å². The number of rotatable bonds is 2. The second-order valence-electron chi connectivity index (χ2n) is 8.97. The maximum absolute atomic E-state index is 4.93. The molecule has 4 heteroatoms. The molecule has 2 saturated carbocycles. The molecule has 0 spiro atoms. The first kappa shape index (κ1) is 23.7. The molecule has 0 saturated heterocycles. The second-order valence-corrected chi connectivity index (χ2v) is 17.1. The van der Waals surface area contributed by atoms with E-state index >= 15 is 0 Å². The molecular weight excluding hydrogens is 430 g/mol. The molecule has 0 aromatic heterocycles. The fourth-order valence-electron chi connectivity index (χ4n) is 2.76. The van der Waals surface area contributed by atoms with Gasteiger partial charge in [-0.05, 0) is 72.3 Å². The van der Waals surface area contributed by atoms with Crippen molar-refractivity contribution < 1.29 is 20.8 Å². The van der Waals surface area contributed by atoms with Crippen molar-refractivity contribution in [2.75, 3.05) is 0 Å². The Morgan fingerprint density at radius 3 is 1.21 bits per heavy atom. The van der Waals surface area contributed by atoms with Crippen LogP contribution in [0.1, 0.15) is 41.5 Å². The Balaban J connectivity index is 0.000000891. The van der Waals surface area contributed by atoms with Gasteiger partial charge >= 0.3 is 37.9 Å². The van der Waals surface area contributed by atoms with Gasteiger partial charge in [0.1, 0.15) is 0 Å². The van der Waals surface area contributed by atoms with Gasteiger partial charge in [0, 0.05) is 0 Å². The van der Waals surface area contributed by atoms with Crippen molar-refractivity contribution in [1.82, 2.24) is 0 Å². The Labute approximate surface area is 171 Å². The Kier molecular flexibility index (Phi) is 9.14. The maximum atomic E-state index is 4.93. The van der Waals surface area contributed by atoms with E-state index in [1.807, 2.05) is 0 Å². The second kappa shape index (κ2) is 9.25. The average Bonchev–Trinajstić information content (AvgIpc) is 3.08. The Morgan fingerprint density at radius 1 is 0.708 bits per heavy atom. The number of hydrogen-bond donors (Lipinski definition) is 0. The summed E-state index contributed by atoms with van der Waals surface area (Å²) in [5, 5.41) is 0. The molecule has 0 N–H and O–H groups in total. The minimum atomic E-state index is -1.57. The summed E-state index contributed by atoms with van der Waals surface area (Å²) in [6.45, 7) is 18.7. The van der Waals surface area contributed by atoms with Gasteiger partial charge < -0.3 is 0 Å². The first-order valence-electron chi connectivity index (χ1n) is 8.35. The molecule has 0 unspecified atom stereocenters. The molecule has 0 atom stereocenters. The van der Waals surface area contributed by atoms with Gasteiger partial charge in [-0.15, -0.1) is 0 Å². The molecule has 2 fully saturated rings. The van der Waals surface area contributed by atoms with Crippen LogP contribution in [0.2, 0.25) is 13.1 Å². The molecule has 0 aliphatic heterocycles. The summed E-state index contributed by atoms with van der Waals surface area (Å²) in [5.41, 5.74) is 3.59. The van der Waals surface area contributed by atoms with Crippen LogP contribution < -0.4 is 0 Å². The van der Waals surface area contributed by atoms with Crippen molar-refractivity contribution in [3.63, 3.8) is 0 Å². The van der Waals surface area contributed by atoms with Gasteiger partial charge in [0.15, 0.2) is 0 Å². The molecule has 0 amide bonds. The van der Waals surface area contributed by atoms with Crippen molar-refractivity contribution >= 4 is 25.1 Å². The normalized spacial score (nSPS) is 22.4. The fraction of sp³-hybridized carbons (Fsp3) is 0.500. The van der Waals surface area contributed by atoms with E-state index in [2.05, 4.69) is 93.2 Å². The molecule has 10 radical (unpaired) electrons. The zero-order chi connectivity index (χ0) is 18.8. The van der Waals surface area contributed by atoms with E-state index < -0.39 is 28.9 Å². The summed E-state index contributed by atoms with van der Waals surface area (Å²) < 4.78 is 0. The van der Waals surface area contributed by atoms with Gasteiger partial charge in [-0.3, -0.25) is 0 Å². The molecule has 0 heterocycles. The van der Waals surface area contributed by atoms with E-state index in [1.165, 1.54) is 11.8 Å². The van der Waals surface area contributed by atoms with E-state index in [1.54, 1.807) is 11.1 Å². The Morgan fingerprint density at radius 2 is 1.00 bits per heavy atom. The van der Waals surface area contributed by atoms with E-state index in [-0.39, 0.29) is 10.8 Å². The van der Waals surface area contributed by atoms with Crippen LogP contribution in [-0.4, -0.2) is 8.07 Å².